The molecule has 1 N–H and O–H groups in total. The Labute approximate surface area is 142 Å². The predicted octanol–water partition coefficient (Wildman–Crippen LogP) is 4.00. The molecular formula is C18H15BrO4. The van der Waals surface area contributed by atoms with Crippen LogP contribution in [-0.4, -0.2) is 22.6 Å². The number of Topliss-reactive ketones (excluding diaryl/α,β-unsaturated/α-hetero) is 2. The highest BCUT2D eigenvalue weighted by molar-refractivity contribution is 9.10. The van der Waals surface area contributed by atoms with Crippen molar-refractivity contribution in [1.29, 1.82) is 0 Å². The summed E-state index contributed by atoms with van der Waals surface area (Å²) >= 11 is 3.28. The standard InChI is InChI=1S/C18H15BrO4/c19-15-8-6-13(7-9-15)17(21)11-14(18(22)23)10-16(20)12-4-2-1-3-5-12/h1-9,14H,10-11H2,(H,22,23). The van der Waals surface area contributed by atoms with Crippen LogP contribution in [0.3, 0.4) is 0 Å². The van der Waals surface area contributed by atoms with Crippen LogP contribution in [0, 0.1) is 5.92 Å². The topological polar surface area (TPSA) is 71.4 Å². The lowest BCUT2D eigenvalue weighted by Gasteiger charge is -2.11. The van der Waals surface area contributed by atoms with Crippen molar-refractivity contribution in [2.24, 2.45) is 5.92 Å². The number of carboxylic acid groups (broad SMARTS) is 1. The number of hydrogen-bond acceptors (Lipinski definition) is 3. The van der Waals surface area contributed by atoms with Crippen molar-refractivity contribution in [3.63, 3.8) is 0 Å². The Morgan fingerprint density at radius 3 is 1.78 bits per heavy atom. The van der Waals surface area contributed by atoms with E-state index in [1.54, 1.807) is 54.6 Å². The van der Waals surface area contributed by atoms with Gasteiger partial charge in [0.25, 0.3) is 0 Å². The summed E-state index contributed by atoms with van der Waals surface area (Å²) in [6.45, 7) is 0. The summed E-state index contributed by atoms with van der Waals surface area (Å²) in [5.41, 5.74) is 0.890. The van der Waals surface area contributed by atoms with Gasteiger partial charge < -0.3 is 5.11 Å². The van der Waals surface area contributed by atoms with E-state index in [0.29, 0.717) is 11.1 Å². The van der Waals surface area contributed by atoms with Crippen molar-refractivity contribution < 1.29 is 19.5 Å². The van der Waals surface area contributed by atoms with Gasteiger partial charge in [-0.1, -0.05) is 58.4 Å². The van der Waals surface area contributed by atoms with Gasteiger partial charge in [-0.15, -0.1) is 0 Å². The van der Waals surface area contributed by atoms with Crippen LogP contribution in [0.2, 0.25) is 0 Å². The van der Waals surface area contributed by atoms with E-state index in [0.717, 1.165) is 4.47 Å². The van der Waals surface area contributed by atoms with E-state index in [2.05, 4.69) is 15.9 Å². The van der Waals surface area contributed by atoms with Crippen molar-refractivity contribution in [3.8, 4) is 0 Å². The fourth-order valence-electron chi connectivity index (χ4n) is 2.19. The van der Waals surface area contributed by atoms with Gasteiger partial charge in [0.1, 0.15) is 0 Å². The molecule has 2 rings (SSSR count). The number of carbonyl (C=O) groups is 3. The third kappa shape index (κ3) is 4.86. The number of halogens is 1. The van der Waals surface area contributed by atoms with Gasteiger partial charge in [0.2, 0.25) is 0 Å². The minimum Gasteiger partial charge on any atom is -0.481 e. The first kappa shape index (κ1) is 17.1. The lowest BCUT2D eigenvalue weighted by atomic mass is 9.92. The number of carbonyl (C=O) groups excluding carboxylic acids is 2. The number of hydrogen-bond donors (Lipinski definition) is 1. The van der Waals surface area contributed by atoms with Gasteiger partial charge in [0.15, 0.2) is 11.6 Å². The highest BCUT2D eigenvalue weighted by atomic mass is 79.9. The summed E-state index contributed by atoms with van der Waals surface area (Å²) in [6.07, 6.45) is -0.392. The molecule has 1 atom stereocenters. The molecule has 23 heavy (non-hydrogen) atoms. The fraction of sp³-hybridized carbons (Fsp3) is 0.167. The van der Waals surface area contributed by atoms with Crippen LogP contribution in [-0.2, 0) is 4.79 Å². The third-order valence-corrected chi connectivity index (χ3v) is 4.00. The van der Waals surface area contributed by atoms with Crippen LogP contribution in [0.15, 0.2) is 59.1 Å². The zero-order valence-corrected chi connectivity index (χ0v) is 13.8. The van der Waals surface area contributed by atoms with Gasteiger partial charge in [0, 0.05) is 28.4 Å². The highest BCUT2D eigenvalue weighted by Crippen LogP contribution is 2.18. The van der Waals surface area contributed by atoms with Gasteiger partial charge in [0.05, 0.1) is 5.92 Å². The fourth-order valence-corrected chi connectivity index (χ4v) is 2.45. The molecule has 2 aromatic rings. The maximum Gasteiger partial charge on any atom is 0.307 e. The van der Waals surface area contributed by atoms with Crippen molar-refractivity contribution in [1.82, 2.24) is 0 Å². The Morgan fingerprint density at radius 2 is 1.30 bits per heavy atom. The first-order chi connectivity index (χ1) is 11.0. The van der Waals surface area contributed by atoms with E-state index in [1.807, 2.05) is 0 Å². The van der Waals surface area contributed by atoms with Crippen LogP contribution >= 0.6 is 15.9 Å². The molecule has 0 aliphatic carbocycles. The normalized spacial score (nSPS) is 11.7. The first-order valence-corrected chi connectivity index (χ1v) is 7.86. The monoisotopic (exact) mass is 374 g/mol. The maximum atomic E-state index is 12.2. The molecule has 0 radical (unpaired) electrons. The van der Waals surface area contributed by atoms with Crippen molar-refractivity contribution in [2.45, 2.75) is 12.8 Å². The third-order valence-electron chi connectivity index (χ3n) is 3.47. The van der Waals surface area contributed by atoms with Gasteiger partial charge in [-0.05, 0) is 12.1 Å². The maximum absolute atomic E-state index is 12.2. The molecule has 0 spiro atoms. The van der Waals surface area contributed by atoms with Crippen molar-refractivity contribution in [2.75, 3.05) is 0 Å². The molecule has 118 valence electrons. The van der Waals surface area contributed by atoms with Crippen LogP contribution < -0.4 is 0 Å². The molecule has 2 aromatic carbocycles. The molecule has 0 heterocycles. The number of aliphatic carboxylic acids is 1. The minimum absolute atomic E-state index is 0.193. The van der Waals surface area contributed by atoms with E-state index in [-0.39, 0.29) is 24.4 Å². The molecular weight excluding hydrogens is 360 g/mol. The molecule has 4 nitrogen and oxygen atoms in total. The summed E-state index contributed by atoms with van der Waals surface area (Å²) in [5, 5.41) is 9.30. The predicted molar refractivity (Wildman–Crippen MR) is 89.6 cm³/mol. The van der Waals surface area contributed by atoms with Gasteiger partial charge >= 0.3 is 5.97 Å². The Balaban J connectivity index is 2.07. The van der Waals surface area contributed by atoms with E-state index >= 15 is 0 Å². The summed E-state index contributed by atoms with van der Waals surface area (Å²) in [7, 11) is 0. The lowest BCUT2D eigenvalue weighted by molar-refractivity contribution is -0.141. The van der Waals surface area contributed by atoms with Gasteiger partial charge in [-0.25, -0.2) is 0 Å². The average Bonchev–Trinajstić information content (AvgIpc) is 2.55. The Hall–Kier alpha value is -2.27. The lowest BCUT2D eigenvalue weighted by Crippen LogP contribution is -2.21. The molecule has 0 aromatic heterocycles. The second-order valence-electron chi connectivity index (χ2n) is 5.16. The van der Waals surface area contributed by atoms with Crippen molar-refractivity contribution in [3.05, 3.63) is 70.2 Å². The number of rotatable bonds is 7. The Morgan fingerprint density at radius 1 is 0.826 bits per heavy atom. The Bertz CT molecular complexity index is 708. The molecule has 0 aliphatic heterocycles. The van der Waals surface area contributed by atoms with Gasteiger partial charge in [-0.2, -0.15) is 0 Å². The zero-order chi connectivity index (χ0) is 16.8. The van der Waals surface area contributed by atoms with Gasteiger partial charge in [-0.3, -0.25) is 14.4 Å². The highest BCUT2D eigenvalue weighted by Gasteiger charge is 2.25. The number of carboxylic acids is 1. The van der Waals surface area contributed by atoms with E-state index in [9.17, 15) is 19.5 Å². The van der Waals surface area contributed by atoms with E-state index < -0.39 is 11.9 Å². The van der Waals surface area contributed by atoms with Crippen LogP contribution in [0.4, 0.5) is 0 Å². The zero-order valence-electron chi connectivity index (χ0n) is 12.2. The second kappa shape index (κ2) is 7.83. The van der Waals surface area contributed by atoms with Crippen LogP contribution in [0.25, 0.3) is 0 Å². The second-order valence-corrected chi connectivity index (χ2v) is 6.08. The van der Waals surface area contributed by atoms with Crippen LogP contribution in [0.1, 0.15) is 33.6 Å². The summed E-state index contributed by atoms with van der Waals surface area (Å²) in [4.78, 5) is 35.7. The quantitative estimate of drug-likeness (QED) is 0.743. The molecule has 0 saturated carbocycles. The summed E-state index contributed by atoms with van der Waals surface area (Å²) in [5.74, 6) is -2.73. The van der Waals surface area contributed by atoms with E-state index in [4.69, 9.17) is 0 Å². The minimum atomic E-state index is -1.14. The number of benzene rings is 2. The van der Waals surface area contributed by atoms with Crippen molar-refractivity contribution >= 4 is 33.5 Å². The summed E-state index contributed by atoms with van der Waals surface area (Å²) in [6, 6.07) is 15.2. The average molecular weight is 375 g/mol. The Kier molecular flexibility index (Phi) is 5.82. The summed E-state index contributed by atoms with van der Waals surface area (Å²) < 4.78 is 0.836. The molecule has 0 aliphatic rings. The molecule has 0 bridgehead atoms. The molecule has 5 heteroatoms. The molecule has 0 amide bonds. The molecule has 0 saturated heterocycles. The number of ketones is 2. The largest absolute Gasteiger partial charge is 0.481 e. The first-order valence-electron chi connectivity index (χ1n) is 7.07. The SMILES string of the molecule is O=C(CC(CC(=O)c1ccc(Br)cc1)C(=O)O)c1ccccc1. The van der Waals surface area contributed by atoms with E-state index in [1.165, 1.54) is 0 Å². The smallest absolute Gasteiger partial charge is 0.307 e. The van der Waals surface area contributed by atoms with Crippen LogP contribution in [0.5, 0.6) is 0 Å². The molecule has 0 fully saturated rings. The molecule has 1 unspecified atom stereocenters.